The predicted molar refractivity (Wildman–Crippen MR) is 104 cm³/mol. The van der Waals surface area contributed by atoms with Gasteiger partial charge in [-0.15, -0.1) is 0 Å². The normalized spacial score (nSPS) is 15.8. The van der Waals surface area contributed by atoms with E-state index in [1.165, 1.54) is 24.4 Å². The molecule has 0 atom stereocenters. The van der Waals surface area contributed by atoms with E-state index in [-0.39, 0.29) is 5.57 Å². The summed E-state index contributed by atoms with van der Waals surface area (Å²) in [6.07, 6.45) is 4.62. The van der Waals surface area contributed by atoms with Crippen molar-refractivity contribution in [3.63, 3.8) is 0 Å². The van der Waals surface area contributed by atoms with Gasteiger partial charge in [0.15, 0.2) is 0 Å². The van der Waals surface area contributed by atoms with E-state index in [1.807, 2.05) is 30.3 Å². The lowest BCUT2D eigenvalue weighted by molar-refractivity contribution is -0.122. The van der Waals surface area contributed by atoms with E-state index in [4.69, 9.17) is 11.6 Å². The zero-order chi connectivity index (χ0) is 19.7. The largest absolute Gasteiger partial charge is 0.335 e. The van der Waals surface area contributed by atoms with Crippen LogP contribution in [0.2, 0.25) is 5.02 Å². The number of aromatic nitrogens is 2. The van der Waals surface area contributed by atoms with Gasteiger partial charge in [-0.3, -0.25) is 14.9 Å². The van der Waals surface area contributed by atoms with Gasteiger partial charge in [-0.05, 0) is 42.5 Å². The molecular formula is C20H13ClN4O3. The maximum Gasteiger partial charge on any atom is 0.335 e. The van der Waals surface area contributed by atoms with Gasteiger partial charge < -0.3 is 0 Å². The third-order valence-corrected chi connectivity index (χ3v) is 4.37. The van der Waals surface area contributed by atoms with Crippen molar-refractivity contribution in [2.45, 2.75) is 0 Å². The van der Waals surface area contributed by atoms with Gasteiger partial charge in [0.25, 0.3) is 11.8 Å². The summed E-state index contributed by atoms with van der Waals surface area (Å²) >= 11 is 5.86. The van der Waals surface area contributed by atoms with E-state index in [0.29, 0.717) is 16.3 Å². The molecule has 7 nitrogen and oxygen atoms in total. The number of benzene rings is 2. The summed E-state index contributed by atoms with van der Waals surface area (Å²) in [5.74, 6) is -1.48. The second kappa shape index (κ2) is 7.13. The van der Waals surface area contributed by atoms with Gasteiger partial charge in [0, 0.05) is 16.8 Å². The zero-order valence-corrected chi connectivity index (χ0v) is 15.1. The van der Waals surface area contributed by atoms with Crippen molar-refractivity contribution >= 4 is 41.2 Å². The van der Waals surface area contributed by atoms with Crippen LogP contribution >= 0.6 is 11.6 Å². The number of urea groups is 1. The van der Waals surface area contributed by atoms with E-state index in [0.717, 1.165) is 10.6 Å². The molecule has 4 rings (SSSR count). The average Bonchev–Trinajstić information content (AvgIpc) is 3.16. The Labute approximate surface area is 164 Å². The number of nitrogens with one attached hydrogen (secondary N) is 1. The van der Waals surface area contributed by atoms with Gasteiger partial charge in [-0.1, -0.05) is 29.8 Å². The molecule has 1 N–H and O–H groups in total. The van der Waals surface area contributed by atoms with Crippen LogP contribution in [0.3, 0.4) is 0 Å². The molecule has 1 saturated heterocycles. The lowest BCUT2D eigenvalue weighted by Crippen LogP contribution is -2.54. The Morgan fingerprint density at radius 3 is 2.36 bits per heavy atom. The predicted octanol–water partition coefficient (Wildman–Crippen LogP) is 3.19. The summed E-state index contributed by atoms with van der Waals surface area (Å²) in [6, 6.07) is 14.8. The molecule has 2 heterocycles. The van der Waals surface area contributed by atoms with Crippen LogP contribution in [-0.2, 0) is 9.59 Å². The molecule has 1 fully saturated rings. The Kier molecular flexibility index (Phi) is 4.50. The van der Waals surface area contributed by atoms with E-state index in [1.54, 1.807) is 23.0 Å². The first kappa shape index (κ1) is 17.7. The molecule has 0 bridgehead atoms. The fourth-order valence-electron chi connectivity index (χ4n) is 2.78. The highest BCUT2D eigenvalue weighted by Gasteiger charge is 2.36. The van der Waals surface area contributed by atoms with Crippen molar-refractivity contribution in [3.05, 3.63) is 83.2 Å². The molecular weight excluding hydrogens is 380 g/mol. The Balaban J connectivity index is 1.67. The van der Waals surface area contributed by atoms with Crippen LogP contribution in [-0.4, -0.2) is 27.6 Å². The minimum absolute atomic E-state index is 0.165. The van der Waals surface area contributed by atoms with E-state index in [2.05, 4.69) is 10.4 Å². The van der Waals surface area contributed by atoms with Crippen LogP contribution in [0.4, 0.5) is 10.5 Å². The van der Waals surface area contributed by atoms with Gasteiger partial charge in [0.1, 0.15) is 5.57 Å². The van der Waals surface area contributed by atoms with Crippen LogP contribution in [0.5, 0.6) is 0 Å². The lowest BCUT2D eigenvalue weighted by Gasteiger charge is -2.26. The maximum atomic E-state index is 12.8. The fraction of sp³-hybridized carbons (Fsp3) is 0. The molecule has 0 unspecified atom stereocenters. The number of barbiturate groups is 1. The minimum Gasteiger partial charge on any atom is -0.273 e. The zero-order valence-electron chi connectivity index (χ0n) is 14.4. The van der Waals surface area contributed by atoms with Crippen molar-refractivity contribution in [2.75, 3.05) is 4.90 Å². The van der Waals surface area contributed by atoms with Gasteiger partial charge in [0.05, 0.1) is 17.6 Å². The van der Waals surface area contributed by atoms with Crippen LogP contribution < -0.4 is 10.2 Å². The summed E-state index contributed by atoms with van der Waals surface area (Å²) in [7, 11) is 0. The number of nitrogens with zero attached hydrogens (tertiary/aromatic N) is 3. The highest BCUT2D eigenvalue weighted by Crippen LogP contribution is 2.23. The summed E-state index contributed by atoms with van der Waals surface area (Å²) in [4.78, 5) is 38.1. The second-order valence-corrected chi connectivity index (χ2v) is 6.42. The number of rotatable bonds is 3. The Morgan fingerprint density at radius 1 is 0.929 bits per heavy atom. The highest BCUT2D eigenvalue weighted by atomic mass is 35.5. The van der Waals surface area contributed by atoms with Crippen molar-refractivity contribution in [3.8, 4) is 5.69 Å². The number of amides is 4. The first-order chi connectivity index (χ1) is 13.5. The van der Waals surface area contributed by atoms with Crippen LogP contribution in [0.25, 0.3) is 11.8 Å². The summed E-state index contributed by atoms with van der Waals surface area (Å²) in [5.41, 5.74) is 1.53. The van der Waals surface area contributed by atoms with Gasteiger partial charge >= 0.3 is 6.03 Å². The Morgan fingerprint density at radius 2 is 1.64 bits per heavy atom. The quantitative estimate of drug-likeness (QED) is 0.548. The molecule has 0 saturated carbocycles. The van der Waals surface area contributed by atoms with Crippen molar-refractivity contribution < 1.29 is 14.4 Å². The Hall–Kier alpha value is -3.71. The molecule has 0 aliphatic carbocycles. The molecule has 1 aliphatic heterocycles. The number of para-hydroxylation sites is 1. The van der Waals surface area contributed by atoms with Crippen LogP contribution in [0, 0.1) is 0 Å². The van der Waals surface area contributed by atoms with E-state index >= 15 is 0 Å². The van der Waals surface area contributed by atoms with E-state index in [9.17, 15) is 14.4 Å². The summed E-state index contributed by atoms with van der Waals surface area (Å²) in [5, 5.41) is 6.88. The molecule has 8 heteroatoms. The second-order valence-electron chi connectivity index (χ2n) is 5.99. The average molecular weight is 393 g/mol. The standard InChI is InChI=1S/C20H13ClN4O3/c21-14-6-8-16(9-7-14)25-19(27)17(18(26)23-20(25)28)10-13-11-22-24(12-13)15-4-2-1-3-5-15/h1-12H,(H,23,26,28)/b17-10+. The first-order valence-corrected chi connectivity index (χ1v) is 8.68. The minimum atomic E-state index is -0.811. The van der Waals surface area contributed by atoms with Crippen molar-refractivity contribution in [2.24, 2.45) is 0 Å². The number of hydrogen-bond acceptors (Lipinski definition) is 4. The molecule has 2 aromatic carbocycles. The monoisotopic (exact) mass is 392 g/mol. The van der Waals surface area contributed by atoms with Gasteiger partial charge in [-0.25, -0.2) is 14.4 Å². The highest BCUT2D eigenvalue weighted by molar-refractivity contribution is 6.39. The van der Waals surface area contributed by atoms with E-state index < -0.39 is 17.8 Å². The number of carbonyl (C=O) groups is 3. The summed E-state index contributed by atoms with van der Waals surface area (Å²) < 4.78 is 1.62. The molecule has 1 aromatic heterocycles. The molecule has 4 amide bonds. The molecule has 0 spiro atoms. The van der Waals surface area contributed by atoms with Gasteiger partial charge in [0.2, 0.25) is 0 Å². The number of imide groups is 2. The third kappa shape index (κ3) is 3.30. The number of carbonyl (C=O) groups excluding carboxylic acids is 3. The third-order valence-electron chi connectivity index (χ3n) is 4.12. The topological polar surface area (TPSA) is 84.3 Å². The maximum absolute atomic E-state index is 12.8. The number of anilines is 1. The molecule has 0 radical (unpaired) electrons. The van der Waals surface area contributed by atoms with Crippen LogP contribution in [0.15, 0.2) is 72.6 Å². The molecule has 138 valence electrons. The molecule has 1 aliphatic rings. The molecule has 28 heavy (non-hydrogen) atoms. The SMILES string of the molecule is O=C1NC(=O)N(c2ccc(Cl)cc2)C(=O)/C1=C/c1cnn(-c2ccccc2)c1. The molecule has 3 aromatic rings. The lowest BCUT2D eigenvalue weighted by atomic mass is 10.1. The Bertz CT molecular complexity index is 1100. The van der Waals surface area contributed by atoms with Crippen molar-refractivity contribution in [1.29, 1.82) is 0 Å². The number of hydrogen-bond donors (Lipinski definition) is 1. The number of halogens is 1. The smallest absolute Gasteiger partial charge is 0.273 e. The summed E-state index contributed by atoms with van der Waals surface area (Å²) in [6.45, 7) is 0. The van der Waals surface area contributed by atoms with Crippen molar-refractivity contribution in [1.82, 2.24) is 15.1 Å². The van der Waals surface area contributed by atoms with Crippen LogP contribution in [0.1, 0.15) is 5.56 Å². The first-order valence-electron chi connectivity index (χ1n) is 8.30. The van der Waals surface area contributed by atoms with Gasteiger partial charge in [-0.2, -0.15) is 5.10 Å². The fourth-order valence-corrected chi connectivity index (χ4v) is 2.91.